The maximum Gasteiger partial charge on any atom is 0.335 e. The number of hydrogen-bond donors (Lipinski definition) is 1. The molecule has 1 aromatic carbocycles. The van der Waals surface area contributed by atoms with Gasteiger partial charge in [-0.25, -0.2) is 9.59 Å². The van der Waals surface area contributed by atoms with Crippen molar-refractivity contribution in [3.8, 4) is 0 Å². The molecule has 0 saturated carbocycles. The third-order valence-corrected chi connectivity index (χ3v) is 3.49. The molecular weight excluding hydrogens is 244 g/mol. The van der Waals surface area contributed by atoms with Crippen molar-refractivity contribution < 1.29 is 14.7 Å². The standard InChI is InChI=1S/C14H18N2O3/c1-3-15(4-2)14(19)16-8-7-10-5-6-11(13(17)18)9-12(10)16/h5-6,9H,3-4,7-8H2,1-2H3,(H,17,18). The van der Waals surface area contributed by atoms with E-state index in [1.165, 1.54) is 0 Å². The molecule has 1 aliphatic rings. The Morgan fingerprint density at radius 3 is 2.58 bits per heavy atom. The topological polar surface area (TPSA) is 60.9 Å². The Bertz CT molecular complexity index is 509. The molecule has 102 valence electrons. The average Bonchev–Trinajstić information content (AvgIpc) is 2.82. The summed E-state index contributed by atoms with van der Waals surface area (Å²) in [4.78, 5) is 26.8. The maximum absolute atomic E-state index is 12.4. The second-order valence-electron chi connectivity index (χ2n) is 4.51. The molecule has 5 nitrogen and oxygen atoms in total. The predicted octanol–water partition coefficient (Wildman–Crippen LogP) is 2.21. The van der Waals surface area contributed by atoms with Crippen molar-refractivity contribution in [3.63, 3.8) is 0 Å². The molecule has 1 N–H and O–H groups in total. The van der Waals surface area contributed by atoms with Gasteiger partial charge in [0.2, 0.25) is 0 Å². The van der Waals surface area contributed by atoms with Crippen LogP contribution in [0, 0.1) is 0 Å². The van der Waals surface area contributed by atoms with E-state index in [0.29, 0.717) is 19.6 Å². The summed E-state index contributed by atoms with van der Waals surface area (Å²) in [6.07, 6.45) is 0.780. The summed E-state index contributed by atoms with van der Waals surface area (Å²) < 4.78 is 0. The lowest BCUT2D eigenvalue weighted by Gasteiger charge is -2.26. The summed E-state index contributed by atoms with van der Waals surface area (Å²) in [5.74, 6) is -0.968. The SMILES string of the molecule is CCN(CC)C(=O)N1CCc2ccc(C(=O)O)cc21. The minimum Gasteiger partial charge on any atom is -0.478 e. The van der Waals surface area contributed by atoms with Crippen LogP contribution >= 0.6 is 0 Å². The first kappa shape index (κ1) is 13.4. The Morgan fingerprint density at radius 2 is 2.00 bits per heavy atom. The number of nitrogens with zero attached hydrogens (tertiary/aromatic N) is 2. The molecule has 1 heterocycles. The highest BCUT2D eigenvalue weighted by Crippen LogP contribution is 2.30. The monoisotopic (exact) mass is 262 g/mol. The summed E-state index contributed by atoms with van der Waals surface area (Å²) >= 11 is 0. The number of urea groups is 1. The third kappa shape index (κ3) is 2.41. The van der Waals surface area contributed by atoms with E-state index in [1.807, 2.05) is 13.8 Å². The fraction of sp³-hybridized carbons (Fsp3) is 0.429. The number of amides is 2. The molecule has 0 aliphatic carbocycles. The van der Waals surface area contributed by atoms with Crippen molar-refractivity contribution >= 4 is 17.7 Å². The van der Waals surface area contributed by atoms with Gasteiger partial charge in [0.15, 0.2) is 0 Å². The van der Waals surface area contributed by atoms with Crippen molar-refractivity contribution in [1.82, 2.24) is 4.90 Å². The summed E-state index contributed by atoms with van der Waals surface area (Å²) in [6, 6.07) is 4.93. The first-order valence-corrected chi connectivity index (χ1v) is 6.51. The molecule has 0 atom stereocenters. The Hall–Kier alpha value is -2.04. The summed E-state index contributed by atoms with van der Waals surface area (Å²) in [7, 11) is 0. The largest absolute Gasteiger partial charge is 0.478 e. The molecule has 0 saturated heterocycles. The highest BCUT2D eigenvalue weighted by molar-refractivity contribution is 5.97. The zero-order valence-corrected chi connectivity index (χ0v) is 11.2. The highest BCUT2D eigenvalue weighted by atomic mass is 16.4. The van der Waals surface area contributed by atoms with Gasteiger partial charge in [0.1, 0.15) is 0 Å². The van der Waals surface area contributed by atoms with Crippen LogP contribution in [-0.2, 0) is 6.42 Å². The van der Waals surface area contributed by atoms with Crippen molar-refractivity contribution in [2.45, 2.75) is 20.3 Å². The molecule has 19 heavy (non-hydrogen) atoms. The van der Waals surface area contributed by atoms with Crippen molar-refractivity contribution in [3.05, 3.63) is 29.3 Å². The third-order valence-electron chi connectivity index (χ3n) is 3.49. The fourth-order valence-electron chi connectivity index (χ4n) is 2.38. The molecule has 1 aliphatic heterocycles. The van der Waals surface area contributed by atoms with E-state index in [0.717, 1.165) is 17.7 Å². The Labute approximate surface area is 112 Å². The molecular formula is C14H18N2O3. The van der Waals surface area contributed by atoms with Gasteiger partial charge in [0, 0.05) is 25.3 Å². The maximum atomic E-state index is 12.4. The molecule has 2 amide bonds. The smallest absolute Gasteiger partial charge is 0.335 e. The van der Waals surface area contributed by atoms with Gasteiger partial charge in [-0.2, -0.15) is 0 Å². The molecule has 0 aromatic heterocycles. The Kier molecular flexibility index (Phi) is 3.74. The predicted molar refractivity (Wildman–Crippen MR) is 72.8 cm³/mol. The summed E-state index contributed by atoms with van der Waals surface area (Å²) in [6.45, 7) is 5.80. The number of rotatable bonds is 3. The van der Waals surface area contributed by atoms with Gasteiger partial charge in [-0.05, 0) is 38.0 Å². The van der Waals surface area contributed by atoms with Crippen molar-refractivity contribution in [1.29, 1.82) is 0 Å². The quantitative estimate of drug-likeness (QED) is 0.908. The van der Waals surface area contributed by atoms with E-state index in [-0.39, 0.29) is 11.6 Å². The van der Waals surface area contributed by atoms with Crippen molar-refractivity contribution in [2.24, 2.45) is 0 Å². The average molecular weight is 262 g/mol. The molecule has 0 fully saturated rings. The number of hydrogen-bond acceptors (Lipinski definition) is 2. The number of carboxylic acid groups (broad SMARTS) is 1. The van der Waals surface area contributed by atoms with Crippen LogP contribution in [0.2, 0.25) is 0 Å². The lowest BCUT2D eigenvalue weighted by molar-refractivity contribution is 0.0697. The van der Waals surface area contributed by atoms with Crippen LogP contribution in [0.4, 0.5) is 10.5 Å². The lowest BCUT2D eigenvalue weighted by Crippen LogP contribution is -2.42. The van der Waals surface area contributed by atoms with Gasteiger partial charge in [-0.3, -0.25) is 4.90 Å². The number of carbonyl (C=O) groups is 2. The molecule has 0 unspecified atom stereocenters. The van der Waals surface area contributed by atoms with Crippen molar-refractivity contribution in [2.75, 3.05) is 24.5 Å². The van der Waals surface area contributed by atoms with Crippen LogP contribution in [0.1, 0.15) is 29.8 Å². The molecule has 0 spiro atoms. The van der Waals surface area contributed by atoms with Crippen LogP contribution in [0.15, 0.2) is 18.2 Å². The van der Waals surface area contributed by atoms with E-state index >= 15 is 0 Å². The second kappa shape index (κ2) is 5.30. The zero-order chi connectivity index (χ0) is 14.0. The first-order chi connectivity index (χ1) is 9.08. The van der Waals surface area contributed by atoms with Gasteiger partial charge >= 0.3 is 12.0 Å². The molecule has 1 aromatic rings. The van der Waals surface area contributed by atoms with Gasteiger partial charge < -0.3 is 10.0 Å². The van der Waals surface area contributed by atoms with E-state index in [9.17, 15) is 9.59 Å². The Morgan fingerprint density at radius 1 is 1.32 bits per heavy atom. The van der Waals surface area contributed by atoms with E-state index < -0.39 is 5.97 Å². The lowest BCUT2D eigenvalue weighted by atomic mass is 10.1. The molecule has 5 heteroatoms. The van der Waals surface area contributed by atoms with Gasteiger partial charge in [-0.1, -0.05) is 6.07 Å². The fourth-order valence-corrected chi connectivity index (χ4v) is 2.38. The number of benzene rings is 1. The Balaban J connectivity index is 2.32. The van der Waals surface area contributed by atoms with Crippen LogP contribution in [0.5, 0.6) is 0 Å². The molecule has 0 radical (unpaired) electrons. The minimum absolute atomic E-state index is 0.0497. The van der Waals surface area contributed by atoms with Gasteiger partial charge in [0.25, 0.3) is 0 Å². The number of anilines is 1. The summed E-state index contributed by atoms with van der Waals surface area (Å²) in [5.41, 5.74) is 1.99. The second-order valence-corrected chi connectivity index (χ2v) is 4.51. The van der Waals surface area contributed by atoms with Crippen LogP contribution in [0.3, 0.4) is 0 Å². The van der Waals surface area contributed by atoms with Gasteiger partial charge in [-0.15, -0.1) is 0 Å². The number of fused-ring (bicyclic) bond motifs is 1. The van der Waals surface area contributed by atoms with E-state index in [2.05, 4.69) is 0 Å². The minimum atomic E-state index is -0.968. The zero-order valence-electron chi connectivity index (χ0n) is 11.2. The first-order valence-electron chi connectivity index (χ1n) is 6.51. The number of aromatic carboxylic acids is 1. The number of carboxylic acids is 1. The van der Waals surface area contributed by atoms with E-state index in [4.69, 9.17) is 5.11 Å². The van der Waals surface area contributed by atoms with Crippen LogP contribution < -0.4 is 4.90 Å². The van der Waals surface area contributed by atoms with E-state index in [1.54, 1.807) is 28.0 Å². The normalized spacial score (nSPS) is 13.3. The van der Waals surface area contributed by atoms with Crippen LogP contribution in [-0.4, -0.2) is 41.6 Å². The highest BCUT2D eigenvalue weighted by Gasteiger charge is 2.27. The van der Waals surface area contributed by atoms with Gasteiger partial charge in [0.05, 0.1) is 5.56 Å². The van der Waals surface area contributed by atoms with Crippen LogP contribution in [0.25, 0.3) is 0 Å². The molecule has 2 rings (SSSR count). The summed E-state index contributed by atoms with van der Waals surface area (Å²) in [5, 5.41) is 9.03. The number of carbonyl (C=O) groups excluding carboxylic acids is 1. The molecule has 0 bridgehead atoms.